The minimum atomic E-state index is -0.0891. The topological polar surface area (TPSA) is 72.8 Å². The van der Waals surface area contributed by atoms with Crippen LogP contribution in [0, 0.1) is 11.3 Å². The summed E-state index contributed by atoms with van der Waals surface area (Å²) >= 11 is 0. The second-order valence-corrected chi connectivity index (χ2v) is 5.42. The standard InChI is InChI=1S/C19H16N4O/c1-2-8-23(12-15-5-3-4-14(9-15)11-20)19(24)16-6-7-17-18(10-16)22-13-21-17/h2-7,9-10,13H,1,8,12H2,(H,21,22). The van der Waals surface area contributed by atoms with Gasteiger partial charge in [-0.1, -0.05) is 18.2 Å². The highest BCUT2D eigenvalue weighted by Gasteiger charge is 2.16. The van der Waals surface area contributed by atoms with Crippen LogP contribution in [0.25, 0.3) is 11.0 Å². The number of nitrogens with one attached hydrogen (secondary N) is 1. The number of aromatic nitrogens is 2. The van der Waals surface area contributed by atoms with E-state index in [-0.39, 0.29) is 5.91 Å². The number of benzene rings is 2. The summed E-state index contributed by atoms with van der Waals surface area (Å²) in [4.78, 5) is 21.7. The van der Waals surface area contributed by atoms with Crippen LogP contribution in [0.2, 0.25) is 0 Å². The molecular weight excluding hydrogens is 300 g/mol. The van der Waals surface area contributed by atoms with Crippen molar-refractivity contribution in [3.63, 3.8) is 0 Å². The molecule has 0 bridgehead atoms. The molecule has 118 valence electrons. The molecular formula is C19H16N4O. The normalized spacial score (nSPS) is 10.3. The molecule has 0 radical (unpaired) electrons. The largest absolute Gasteiger partial charge is 0.345 e. The molecule has 0 spiro atoms. The zero-order valence-electron chi connectivity index (χ0n) is 13.1. The first-order valence-electron chi connectivity index (χ1n) is 7.53. The number of H-pyrrole nitrogens is 1. The van der Waals surface area contributed by atoms with E-state index in [9.17, 15) is 4.79 Å². The quantitative estimate of drug-likeness (QED) is 0.734. The number of carbonyl (C=O) groups is 1. The molecule has 0 saturated heterocycles. The molecule has 5 nitrogen and oxygen atoms in total. The van der Waals surface area contributed by atoms with E-state index in [4.69, 9.17) is 5.26 Å². The molecule has 1 heterocycles. The van der Waals surface area contributed by atoms with Crippen molar-refractivity contribution in [1.29, 1.82) is 5.26 Å². The van der Waals surface area contributed by atoms with Crippen molar-refractivity contribution >= 4 is 16.9 Å². The number of nitriles is 1. The summed E-state index contributed by atoms with van der Waals surface area (Å²) in [5, 5.41) is 9.01. The third kappa shape index (κ3) is 3.18. The Bertz CT molecular complexity index is 936. The van der Waals surface area contributed by atoms with E-state index >= 15 is 0 Å². The van der Waals surface area contributed by atoms with Gasteiger partial charge in [0.2, 0.25) is 0 Å². The Morgan fingerprint density at radius 3 is 3.00 bits per heavy atom. The lowest BCUT2D eigenvalue weighted by Crippen LogP contribution is -2.30. The van der Waals surface area contributed by atoms with Gasteiger partial charge in [0.05, 0.1) is 29.0 Å². The molecule has 24 heavy (non-hydrogen) atoms. The maximum Gasteiger partial charge on any atom is 0.254 e. The smallest absolute Gasteiger partial charge is 0.254 e. The molecule has 0 atom stereocenters. The van der Waals surface area contributed by atoms with Crippen LogP contribution in [-0.2, 0) is 6.54 Å². The first-order chi connectivity index (χ1) is 11.7. The molecule has 5 heteroatoms. The average molecular weight is 316 g/mol. The van der Waals surface area contributed by atoms with Gasteiger partial charge < -0.3 is 9.88 Å². The molecule has 1 aromatic heterocycles. The fraction of sp³-hybridized carbons (Fsp3) is 0.105. The summed E-state index contributed by atoms with van der Waals surface area (Å²) in [6, 6.07) is 14.8. The number of hydrogen-bond acceptors (Lipinski definition) is 3. The van der Waals surface area contributed by atoms with Gasteiger partial charge in [-0.15, -0.1) is 6.58 Å². The van der Waals surface area contributed by atoms with Gasteiger partial charge in [0.1, 0.15) is 0 Å². The Labute approximate surface area is 139 Å². The number of rotatable bonds is 5. The number of imidazole rings is 1. The molecule has 0 aliphatic rings. The van der Waals surface area contributed by atoms with Crippen molar-refractivity contribution < 1.29 is 4.79 Å². The van der Waals surface area contributed by atoms with Gasteiger partial charge in [-0.25, -0.2) is 4.98 Å². The molecule has 0 aliphatic carbocycles. The molecule has 3 aromatic rings. The van der Waals surface area contributed by atoms with E-state index in [1.165, 1.54) is 0 Å². The lowest BCUT2D eigenvalue weighted by Gasteiger charge is -2.21. The number of amides is 1. The van der Waals surface area contributed by atoms with Crippen LogP contribution in [0.3, 0.4) is 0 Å². The Kier molecular flexibility index (Phi) is 4.39. The summed E-state index contributed by atoms with van der Waals surface area (Å²) in [5.74, 6) is -0.0891. The number of carbonyl (C=O) groups excluding carboxylic acids is 1. The number of fused-ring (bicyclic) bond motifs is 1. The van der Waals surface area contributed by atoms with Crippen molar-refractivity contribution in [3.8, 4) is 6.07 Å². The minimum Gasteiger partial charge on any atom is -0.345 e. The second kappa shape index (κ2) is 6.80. The predicted molar refractivity (Wildman–Crippen MR) is 92.2 cm³/mol. The summed E-state index contributed by atoms with van der Waals surface area (Å²) in [7, 11) is 0. The van der Waals surface area contributed by atoms with Gasteiger partial charge >= 0.3 is 0 Å². The summed E-state index contributed by atoms with van der Waals surface area (Å²) < 4.78 is 0. The fourth-order valence-corrected chi connectivity index (χ4v) is 2.59. The van der Waals surface area contributed by atoms with Crippen LogP contribution >= 0.6 is 0 Å². The average Bonchev–Trinajstić information content (AvgIpc) is 3.08. The fourth-order valence-electron chi connectivity index (χ4n) is 2.59. The highest BCUT2D eigenvalue weighted by atomic mass is 16.2. The van der Waals surface area contributed by atoms with E-state index in [0.717, 1.165) is 16.6 Å². The van der Waals surface area contributed by atoms with Gasteiger partial charge in [0, 0.05) is 18.7 Å². The van der Waals surface area contributed by atoms with Crippen molar-refractivity contribution in [2.75, 3.05) is 6.54 Å². The Hall–Kier alpha value is -3.39. The van der Waals surface area contributed by atoms with Gasteiger partial charge in [-0.05, 0) is 35.9 Å². The lowest BCUT2D eigenvalue weighted by molar-refractivity contribution is 0.0763. The van der Waals surface area contributed by atoms with Crippen LogP contribution in [0.4, 0.5) is 0 Å². The molecule has 0 fully saturated rings. The van der Waals surface area contributed by atoms with Crippen molar-refractivity contribution in [3.05, 3.63) is 78.1 Å². The van der Waals surface area contributed by atoms with Crippen molar-refractivity contribution in [2.24, 2.45) is 0 Å². The van der Waals surface area contributed by atoms with Gasteiger partial charge in [0.15, 0.2) is 0 Å². The van der Waals surface area contributed by atoms with Crippen LogP contribution in [0.5, 0.6) is 0 Å². The molecule has 2 aromatic carbocycles. The molecule has 0 saturated carbocycles. The third-order valence-electron chi connectivity index (χ3n) is 3.73. The Morgan fingerprint density at radius 2 is 2.21 bits per heavy atom. The zero-order chi connectivity index (χ0) is 16.9. The second-order valence-electron chi connectivity index (χ2n) is 5.42. The van der Waals surface area contributed by atoms with Crippen LogP contribution < -0.4 is 0 Å². The predicted octanol–water partition coefficient (Wildman–Crippen LogP) is 3.26. The first kappa shape index (κ1) is 15.5. The van der Waals surface area contributed by atoms with Crippen LogP contribution in [0.1, 0.15) is 21.5 Å². The van der Waals surface area contributed by atoms with E-state index < -0.39 is 0 Å². The zero-order valence-corrected chi connectivity index (χ0v) is 13.1. The van der Waals surface area contributed by atoms with E-state index in [2.05, 4.69) is 22.6 Å². The minimum absolute atomic E-state index is 0.0891. The monoisotopic (exact) mass is 316 g/mol. The molecule has 1 N–H and O–H groups in total. The van der Waals surface area contributed by atoms with E-state index in [1.54, 1.807) is 41.6 Å². The summed E-state index contributed by atoms with van der Waals surface area (Å²) in [6.45, 7) is 4.58. The third-order valence-corrected chi connectivity index (χ3v) is 3.73. The Morgan fingerprint density at radius 1 is 1.33 bits per heavy atom. The number of nitrogens with zero attached hydrogens (tertiary/aromatic N) is 3. The summed E-state index contributed by atoms with van der Waals surface area (Å²) in [5.41, 5.74) is 3.73. The van der Waals surface area contributed by atoms with Gasteiger partial charge in [-0.3, -0.25) is 4.79 Å². The number of hydrogen-bond donors (Lipinski definition) is 1. The highest BCUT2D eigenvalue weighted by Crippen LogP contribution is 2.16. The molecule has 1 amide bonds. The molecule has 0 unspecified atom stereocenters. The van der Waals surface area contributed by atoms with Crippen LogP contribution in [0.15, 0.2) is 61.4 Å². The maximum absolute atomic E-state index is 12.8. The van der Waals surface area contributed by atoms with Crippen molar-refractivity contribution in [1.82, 2.24) is 14.9 Å². The van der Waals surface area contributed by atoms with Gasteiger partial charge in [-0.2, -0.15) is 5.26 Å². The molecule has 0 aliphatic heterocycles. The maximum atomic E-state index is 12.8. The van der Waals surface area contributed by atoms with E-state index in [0.29, 0.717) is 24.2 Å². The van der Waals surface area contributed by atoms with E-state index in [1.807, 2.05) is 18.2 Å². The van der Waals surface area contributed by atoms with Crippen molar-refractivity contribution in [2.45, 2.75) is 6.54 Å². The summed E-state index contributed by atoms with van der Waals surface area (Å²) in [6.07, 6.45) is 3.30. The van der Waals surface area contributed by atoms with Crippen LogP contribution in [-0.4, -0.2) is 27.3 Å². The first-order valence-corrected chi connectivity index (χ1v) is 7.53. The lowest BCUT2D eigenvalue weighted by atomic mass is 10.1. The molecule has 3 rings (SSSR count). The van der Waals surface area contributed by atoms with Gasteiger partial charge in [0.25, 0.3) is 5.91 Å². The Balaban J connectivity index is 1.87. The SMILES string of the molecule is C=CCN(Cc1cccc(C#N)c1)C(=O)c1ccc2nc[nH]c2c1. The highest BCUT2D eigenvalue weighted by molar-refractivity contribution is 5.97. The number of aromatic amines is 1.